The van der Waals surface area contributed by atoms with Gasteiger partial charge in [-0.25, -0.2) is 0 Å². The number of aromatic amines is 1. The first-order valence-electron chi connectivity index (χ1n) is 12.0. The van der Waals surface area contributed by atoms with Gasteiger partial charge in [-0.05, 0) is 24.1 Å². The molecule has 0 saturated carbocycles. The average molecular weight is 446 g/mol. The first-order valence-corrected chi connectivity index (χ1v) is 12.0. The number of hydrogen-bond acceptors (Lipinski definition) is 3. The zero-order valence-electron chi connectivity index (χ0n) is 19.3. The summed E-state index contributed by atoms with van der Waals surface area (Å²) in [6, 6.07) is 15.1. The average Bonchev–Trinajstić information content (AvgIpc) is 3.22. The van der Waals surface area contributed by atoms with E-state index in [-0.39, 0.29) is 24.4 Å². The Morgan fingerprint density at radius 1 is 1.03 bits per heavy atom. The van der Waals surface area contributed by atoms with Crippen molar-refractivity contribution in [3.05, 3.63) is 65.4 Å². The molecule has 6 nitrogen and oxygen atoms in total. The second kappa shape index (κ2) is 8.93. The molecule has 6 heteroatoms. The summed E-state index contributed by atoms with van der Waals surface area (Å²) in [6.07, 6.45) is 4.85. The predicted molar refractivity (Wildman–Crippen MR) is 128 cm³/mol. The Hall–Kier alpha value is -3.28. The van der Waals surface area contributed by atoms with Gasteiger partial charge in [-0.1, -0.05) is 62.6 Å². The molecule has 2 aliphatic rings. The summed E-state index contributed by atoms with van der Waals surface area (Å²) in [7, 11) is 1.65. The van der Waals surface area contributed by atoms with Gasteiger partial charge in [0.25, 0.3) is 0 Å². The van der Waals surface area contributed by atoms with Crippen molar-refractivity contribution in [3.8, 4) is 5.75 Å². The minimum atomic E-state index is -0.501. The minimum absolute atomic E-state index is 0.00435. The molecule has 1 saturated heterocycles. The lowest BCUT2D eigenvalue weighted by atomic mass is 9.86. The number of carbonyl (C=O) groups excluding carboxylic acids is 2. The van der Waals surface area contributed by atoms with Gasteiger partial charge in [0.2, 0.25) is 11.8 Å². The number of amides is 2. The number of hydrogen-bond donors (Lipinski definition) is 1. The molecular weight excluding hydrogens is 414 g/mol. The van der Waals surface area contributed by atoms with E-state index in [0.29, 0.717) is 13.0 Å². The van der Waals surface area contributed by atoms with Crippen LogP contribution in [0.4, 0.5) is 0 Å². The summed E-state index contributed by atoms with van der Waals surface area (Å²) in [5.41, 5.74) is 4.03. The molecule has 0 bridgehead atoms. The van der Waals surface area contributed by atoms with Gasteiger partial charge in [0, 0.05) is 35.1 Å². The number of H-pyrrole nitrogens is 1. The normalized spacial score (nSPS) is 20.2. The maximum atomic E-state index is 13.7. The Bertz CT molecular complexity index is 1180. The first kappa shape index (κ1) is 21.6. The van der Waals surface area contributed by atoms with Gasteiger partial charge in [-0.2, -0.15) is 0 Å². The summed E-state index contributed by atoms with van der Waals surface area (Å²) < 4.78 is 5.68. The van der Waals surface area contributed by atoms with Crippen LogP contribution in [-0.2, 0) is 16.0 Å². The molecule has 0 aliphatic carbocycles. The van der Waals surface area contributed by atoms with Gasteiger partial charge in [0.15, 0.2) is 0 Å². The fourth-order valence-electron chi connectivity index (χ4n) is 5.46. The van der Waals surface area contributed by atoms with Crippen LogP contribution in [0.1, 0.15) is 55.5 Å². The van der Waals surface area contributed by atoms with Crippen molar-refractivity contribution in [1.29, 1.82) is 0 Å². The van der Waals surface area contributed by atoms with Crippen molar-refractivity contribution >= 4 is 22.7 Å². The van der Waals surface area contributed by atoms with Crippen LogP contribution < -0.4 is 4.74 Å². The number of rotatable bonds is 7. The third kappa shape index (κ3) is 3.67. The number of ether oxygens (including phenoxy) is 1. The maximum absolute atomic E-state index is 13.7. The van der Waals surface area contributed by atoms with Crippen LogP contribution in [-0.4, -0.2) is 52.8 Å². The predicted octanol–water partition coefficient (Wildman–Crippen LogP) is 4.44. The first-order chi connectivity index (χ1) is 16.1. The number of methoxy groups -OCH3 is 1. The molecule has 2 amide bonds. The SMILES string of the molecule is CCCCCCN1CC(=O)N2C(c3ccccc3OC)c3[nH]c4ccccc4c3C[C@H]2C1=O. The molecule has 3 heterocycles. The van der Waals surface area contributed by atoms with Gasteiger partial charge < -0.3 is 19.5 Å². The van der Waals surface area contributed by atoms with Crippen LogP contribution in [0, 0.1) is 0 Å². The lowest BCUT2D eigenvalue weighted by Gasteiger charge is -2.47. The van der Waals surface area contributed by atoms with Crippen molar-refractivity contribution in [3.63, 3.8) is 0 Å². The van der Waals surface area contributed by atoms with E-state index in [1.807, 2.05) is 36.4 Å². The third-order valence-electron chi connectivity index (χ3n) is 7.06. The molecule has 2 atom stereocenters. The fraction of sp³-hybridized carbons (Fsp3) is 0.407. The second-order valence-corrected chi connectivity index (χ2v) is 9.05. The van der Waals surface area contributed by atoms with Crippen molar-refractivity contribution in [2.75, 3.05) is 20.2 Å². The van der Waals surface area contributed by atoms with E-state index in [0.717, 1.165) is 59.2 Å². The van der Waals surface area contributed by atoms with Gasteiger partial charge in [-0.15, -0.1) is 0 Å². The zero-order valence-corrected chi connectivity index (χ0v) is 19.3. The standard InChI is InChI=1S/C27H31N3O3/c1-3-4-5-10-15-29-17-24(31)30-22(27(29)32)16-20-18-11-6-8-13-21(18)28-25(20)26(30)19-12-7-9-14-23(19)33-2/h6-9,11-14,22,26,28H,3-5,10,15-17H2,1-2H3/t22-,26?/m0/s1. The van der Waals surface area contributed by atoms with E-state index in [1.165, 1.54) is 0 Å². The summed E-state index contributed by atoms with van der Waals surface area (Å²) in [6.45, 7) is 2.96. The van der Waals surface area contributed by atoms with E-state index in [1.54, 1.807) is 16.9 Å². The lowest BCUT2D eigenvalue weighted by Crippen LogP contribution is -2.63. The van der Waals surface area contributed by atoms with Crippen molar-refractivity contribution in [1.82, 2.24) is 14.8 Å². The van der Waals surface area contributed by atoms with E-state index >= 15 is 0 Å². The molecule has 33 heavy (non-hydrogen) atoms. The highest BCUT2D eigenvalue weighted by atomic mass is 16.5. The number of fused-ring (bicyclic) bond motifs is 4. The number of nitrogens with zero attached hydrogens (tertiary/aromatic N) is 2. The zero-order chi connectivity index (χ0) is 22.9. The largest absolute Gasteiger partial charge is 0.496 e. The molecule has 172 valence electrons. The highest BCUT2D eigenvalue weighted by Crippen LogP contribution is 2.44. The molecule has 2 aliphatic heterocycles. The quantitative estimate of drug-likeness (QED) is 0.547. The molecule has 3 aromatic rings. The van der Waals surface area contributed by atoms with Gasteiger partial charge in [-0.3, -0.25) is 9.59 Å². The Morgan fingerprint density at radius 2 is 1.82 bits per heavy atom. The molecule has 1 fully saturated rings. The number of benzene rings is 2. The molecule has 0 spiro atoms. The monoisotopic (exact) mass is 445 g/mol. The Kier molecular flexibility index (Phi) is 5.83. The molecular formula is C27H31N3O3. The number of nitrogens with one attached hydrogen (secondary N) is 1. The molecule has 2 aromatic carbocycles. The molecule has 1 aromatic heterocycles. The van der Waals surface area contributed by atoms with Crippen LogP contribution in [0.15, 0.2) is 48.5 Å². The lowest BCUT2D eigenvalue weighted by molar-refractivity contribution is -0.158. The smallest absolute Gasteiger partial charge is 0.246 e. The fourth-order valence-corrected chi connectivity index (χ4v) is 5.46. The minimum Gasteiger partial charge on any atom is -0.496 e. The summed E-state index contributed by atoms with van der Waals surface area (Å²) in [5.74, 6) is 0.771. The Morgan fingerprint density at radius 3 is 2.64 bits per heavy atom. The van der Waals surface area contributed by atoms with Gasteiger partial charge >= 0.3 is 0 Å². The highest BCUT2D eigenvalue weighted by molar-refractivity contribution is 5.97. The maximum Gasteiger partial charge on any atom is 0.246 e. The van der Waals surface area contributed by atoms with Crippen molar-refractivity contribution in [2.24, 2.45) is 0 Å². The molecule has 5 rings (SSSR count). The van der Waals surface area contributed by atoms with Gasteiger partial charge in [0.1, 0.15) is 17.8 Å². The summed E-state index contributed by atoms with van der Waals surface area (Å²) in [4.78, 5) is 34.4. The van der Waals surface area contributed by atoms with E-state index in [4.69, 9.17) is 4.74 Å². The van der Waals surface area contributed by atoms with Crippen LogP contribution in [0.2, 0.25) is 0 Å². The van der Waals surface area contributed by atoms with Crippen LogP contribution in [0.25, 0.3) is 10.9 Å². The van der Waals surface area contributed by atoms with Crippen molar-refractivity contribution < 1.29 is 14.3 Å². The number of para-hydroxylation sites is 2. The van der Waals surface area contributed by atoms with Crippen LogP contribution >= 0.6 is 0 Å². The number of piperazine rings is 1. The van der Waals surface area contributed by atoms with Crippen LogP contribution in [0.5, 0.6) is 5.75 Å². The summed E-state index contributed by atoms with van der Waals surface area (Å²) in [5, 5.41) is 1.12. The van der Waals surface area contributed by atoms with E-state index in [9.17, 15) is 9.59 Å². The van der Waals surface area contributed by atoms with Gasteiger partial charge in [0.05, 0.1) is 13.7 Å². The summed E-state index contributed by atoms with van der Waals surface area (Å²) >= 11 is 0. The highest BCUT2D eigenvalue weighted by Gasteiger charge is 2.48. The molecule has 1 N–H and O–H groups in total. The molecule has 0 radical (unpaired) electrons. The number of aromatic nitrogens is 1. The van der Waals surface area contributed by atoms with Crippen LogP contribution in [0.3, 0.4) is 0 Å². The molecule has 1 unspecified atom stereocenters. The van der Waals surface area contributed by atoms with Crippen molar-refractivity contribution in [2.45, 2.75) is 51.1 Å². The van der Waals surface area contributed by atoms with E-state index < -0.39 is 6.04 Å². The Labute approximate surface area is 194 Å². The topological polar surface area (TPSA) is 65.6 Å². The number of carbonyl (C=O) groups is 2. The Balaban J connectivity index is 1.59. The number of unbranched alkanes of at least 4 members (excludes halogenated alkanes) is 3. The second-order valence-electron chi connectivity index (χ2n) is 9.05. The van der Waals surface area contributed by atoms with E-state index in [2.05, 4.69) is 24.0 Å². The third-order valence-corrected chi connectivity index (χ3v) is 7.06.